The first-order valence-electron chi connectivity index (χ1n) is 10.3. The first-order valence-corrected chi connectivity index (χ1v) is 11.8. The molecule has 2 aromatic carbocycles. The quantitative estimate of drug-likeness (QED) is 0.399. The van der Waals surface area contributed by atoms with Gasteiger partial charge in [0, 0.05) is 47.7 Å². The number of ether oxygens (including phenoxy) is 1. The van der Waals surface area contributed by atoms with Crippen LogP contribution in [0.4, 0.5) is 5.69 Å². The minimum atomic E-state index is -1.15. The summed E-state index contributed by atoms with van der Waals surface area (Å²) in [6, 6.07) is 16.1. The van der Waals surface area contributed by atoms with Gasteiger partial charge in [0.1, 0.15) is 16.7 Å². The molecule has 1 atom stereocenters. The van der Waals surface area contributed by atoms with Crippen LogP contribution in [0.15, 0.2) is 82.8 Å². The smallest absolute Gasteiger partial charge is 0.332 e. The van der Waals surface area contributed by atoms with Crippen LogP contribution in [0.1, 0.15) is 11.1 Å². The summed E-state index contributed by atoms with van der Waals surface area (Å²) in [5.41, 5.74) is 3.62. The minimum Gasteiger partial charge on any atom is -0.495 e. The number of benzene rings is 2. The molecule has 4 rings (SSSR count). The van der Waals surface area contributed by atoms with Gasteiger partial charge in [-0.3, -0.25) is 19.3 Å². The molecule has 172 valence electrons. The molecule has 0 amide bonds. The molecule has 0 aliphatic carbocycles. The Kier molecular flexibility index (Phi) is 6.84. The number of aromatic nitrogens is 3. The Bertz CT molecular complexity index is 1480. The van der Waals surface area contributed by atoms with Gasteiger partial charge >= 0.3 is 5.69 Å². The number of pyridine rings is 1. The van der Waals surface area contributed by atoms with Crippen molar-refractivity contribution in [1.82, 2.24) is 14.5 Å². The molecule has 0 spiro atoms. The molecule has 2 aromatic heterocycles. The fourth-order valence-corrected chi connectivity index (χ4v) is 3.97. The maximum absolute atomic E-state index is 12.5. The standard InChI is InChI=1S/C25H22N4O4S/c1-33-24-19(6-3-17-4-7-20(8-5-17)28-34(2)32)15-21(29-14-11-23(30)27-25(29)31)16-22(24)18-9-12-26-13-10-18/h3-16,28H,1-2H3,(H,27,30,31)/b6-3+. The maximum atomic E-state index is 12.5. The second kappa shape index (κ2) is 10.1. The van der Waals surface area contributed by atoms with Crippen molar-refractivity contribution in [2.75, 3.05) is 18.1 Å². The molecule has 0 saturated carbocycles. The second-order valence-electron chi connectivity index (χ2n) is 7.34. The monoisotopic (exact) mass is 474 g/mol. The van der Waals surface area contributed by atoms with Crippen LogP contribution in [0.2, 0.25) is 0 Å². The van der Waals surface area contributed by atoms with E-state index in [0.29, 0.717) is 11.4 Å². The van der Waals surface area contributed by atoms with Crippen LogP contribution in [0, 0.1) is 0 Å². The molecule has 0 fully saturated rings. The van der Waals surface area contributed by atoms with E-state index in [-0.39, 0.29) is 0 Å². The van der Waals surface area contributed by atoms with Crippen molar-refractivity contribution >= 4 is 28.8 Å². The first kappa shape index (κ1) is 22.9. The van der Waals surface area contributed by atoms with Gasteiger partial charge in [-0.1, -0.05) is 24.3 Å². The van der Waals surface area contributed by atoms with Crippen LogP contribution in [0.5, 0.6) is 5.75 Å². The van der Waals surface area contributed by atoms with E-state index in [1.54, 1.807) is 25.8 Å². The lowest BCUT2D eigenvalue weighted by molar-refractivity contribution is 0.415. The summed E-state index contributed by atoms with van der Waals surface area (Å²) in [5, 5.41) is 0. The summed E-state index contributed by atoms with van der Waals surface area (Å²) in [7, 11) is 0.447. The molecule has 0 radical (unpaired) electrons. The van der Waals surface area contributed by atoms with Crippen molar-refractivity contribution in [3.05, 3.63) is 105 Å². The lowest BCUT2D eigenvalue weighted by atomic mass is 10.00. The Morgan fingerprint density at radius 3 is 2.41 bits per heavy atom. The molecule has 0 bridgehead atoms. The molecule has 0 aliphatic rings. The second-order valence-corrected chi connectivity index (χ2v) is 8.46. The predicted octanol–water partition coefficient (Wildman–Crippen LogP) is 3.47. The van der Waals surface area contributed by atoms with E-state index in [1.165, 1.54) is 16.8 Å². The zero-order valence-electron chi connectivity index (χ0n) is 18.5. The zero-order valence-corrected chi connectivity index (χ0v) is 19.3. The summed E-state index contributed by atoms with van der Waals surface area (Å²) < 4.78 is 21.3. The molecule has 9 heteroatoms. The van der Waals surface area contributed by atoms with Crippen LogP contribution in [-0.2, 0) is 11.0 Å². The van der Waals surface area contributed by atoms with Crippen LogP contribution >= 0.6 is 0 Å². The van der Waals surface area contributed by atoms with E-state index in [0.717, 1.165) is 27.9 Å². The highest BCUT2D eigenvalue weighted by Gasteiger charge is 2.14. The van der Waals surface area contributed by atoms with Crippen LogP contribution in [0.3, 0.4) is 0 Å². The van der Waals surface area contributed by atoms with Gasteiger partial charge in [0.2, 0.25) is 0 Å². The zero-order chi connectivity index (χ0) is 24.1. The van der Waals surface area contributed by atoms with E-state index in [2.05, 4.69) is 14.7 Å². The molecule has 0 saturated heterocycles. The number of nitrogens with one attached hydrogen (secondary N) is 2. The fraction of sp³-hybridized carbons (Fsp3) is 0.0800. The largest absolute Gasteiger partial charge is 0.495 e. The number of rotatable bonds is 7. The van der Waals surface area contributed by atoms with Crippen LogP contribution in [-0.4, -0.2) is 32.1 Å². The van der Waals surface area contributed by atoms with Gasteiger partial charge in [-0.2, -0.15) is 0 Å². The maximum Gasteiger partial charge on any atom is 0.332 e. The van der Waals surface area contributed by atoms with Gasteiger partial charge in [0.25, 0.3) is 5.56 Å². The summed E-state index contributed by atoms with van der Waals surface area (Å²) in [5.74, 6) is 0.628. The number of anilines is 1. The molecule has 4 aromatic rings. The highest BCUT2D eigenvalue weighted by atomic mass is 32.2. The summed E-state index contributed by atoms with van der Waals surface area (Å²) >= 11 is 0. The van der Waals surface area contributed by atoms with Gasteiger partial charge in [-0.25, -0.2) is 9.00 Å². The third-order valence-electron chi connectivity index (χ3n) is 5.03. The normalized spacial score (nSPS) is 11.9. The van der Waals surface area contributed by atoms with Crippen molar-refractivity contribution in [1.29, 1.82) is 0 Å². The van der Waals surface area contributed by atoms with Gasteiger partial charge in [0.15, 0.2) is 0 Å². The Morgan fingerprint density at radius 2 is 1.76 bits per heavy atom. The Morgan fingerprint density at radius 1 is 1.03 bits per heavy atom. The highest BCUT2D eigenvalue weighted by Crippen LogP contribution is 2.36. The summed E-state index contributed by atoms with van der Waals surface area (Å²) in [4.78, 5) is 30.4. The number of hydrogen-bond donors (Lipinski definition) is 2. The van der Waals surface area contributed by atoms with Gasteiger partial charge in [-0.15, -0.1) is 0 Å². The van der Waals surface area contributed by atoms with E-state index < -0.39 is 22.2 Å². The average Bonchev–Trinajstić information content (AvgIpc) is 2.83. The molecule has 8 nitrogen and oxygen atoms in total. The van der Waals surface area contributed by atoms with Gasteiger partial charge in [0.05, 0.1) is 12.8 Å². The molecule has 34 heavy (non-hydrogen) atoms. The average molecular weight is 475 g/mol. The van der Waals surface area contributed by atoms with E-state index in [4.69, 9.17) is 4.74 Å². The molecular weight excluding hydrogens is 452 g/mol. The fourth-order valence-electron chi connectivity index (χ4n) is 3.51. The summed E-state index contributed by atoms with van der Waals surface area (Å²) in [6.45, 7) is 0. The minimum absolute atomic E-state index is 0.464. The van der Waals surface area contributed by atoms with Gasteiger partial charge < -0.3 is 9.46 Å². The van der Waals surface area contributed by atoms with E-state index in [9.17, 15) is 13.8 Å². The third kappa shape index (κ3) is 5.21. The first-order chi connectivity index (χ1) is 16.4. The SMILES string of the molecule is COc1c(/C=C/c2ccc(NS(C)=O)cc2)cc(-n2ccc(=O)[nH]c2=O)cc1-c1ccncc1. The number of H-pyrrole nitrogens is 1. The Labute approximate surface area is 198 Å². The predicted molar refractivity (Wildman–Crippen MR) is 136 cm³/mol. The summed E-state index contributed by atoms with van der Waals surface area (Å²) in [6.07, 6.45) is 10.2. The number of aromatic amines is 1. The number of methoxy groups -OCH3 is 1. The number of hydrogen-bond acceptors (Lipinski definition) is 5. The molecule has 1 unspecified atom stereocenters. The van der Waals surface area contributed by atoms with E-state index in [1.807, 2.05) is 60.7 Å². The van der Waals surface area contributed by atoms with Crippen molar-refractivity contribution in [3.63, 3.8) is 0 Å². The van der Waals surface area contributed by atoms with Crippen LogP contribution in [0.25, 0.3) is 29.0 Å². The Hall–Kier alpha value is -4.24. The highest BCUT2D eigenvalue weighted by molar-refractivity contribution is 7.85. The van der Waals surface area contributed by atoms with Crippen molar-refractivity contribution in [2.45, 2.75) is 0 Å². The molecular formula is C25H22N4O4S. The molecule has 2 N–H and O–H groups in total. The Balaban J connectivity index is 1.83. The van der Waals surface area contributed by atoms with Crippen molar-refractivity contribution in [3.8, 4) is 22.6 Å². The van der Waals surface area contributed by atoms with Crippen molar-refractivity contribution in [2.24, 2.45) is 0 Å². The lowest BCUT2D eigenvalue weighted by Gasteiger charge is -2.15. The molecule has 0 aliphatic heterocycles. The topological polar surface area (TPSA) is 106 Å². The van der Waals surface area contributed by atoms with Crippen molar-refractivity contribution < 1.29 is 8.95 Å². The molecule has 2 heterocycles. The van der Waals surface area contributed by atoms with E-state index >= 15 is 0 Å². The van der Waals surface area contributed by atoms with Gasteiger partial charge in [-0.05, 0) is 47.5 Å². The number of nitrogens with zero attached hydrogens (tertiary/aromatic N) is 2. The van der Waals surface area contributed by atoms with Crippen LogP contribution < -0.4 is 20.7 Å². The third-order valence-corrected chi connectivity index (χ3v) is 5.55. The lowest BCUT2D eigenvalue weighted by Crippen LogP contribution is -2.27.